The Labute approximate surface area is 291 Å². The molecule has 284 valence electrons. The number of rotatable bonds is 9. The van der Waals surface area contributed by atoms with Gasteiger partial charge in [0, 0.05) is 36.9 Å². The number of methoxy groups -OCH3 is 1. The predicted octanol–water partition coefficient (Wildman–Crippen LogP) is 5.58. The number of ether oxygens (including phenoxy) is 1. The van der Waals surface area contributed by atoms with Gasteiger partial charge in [-0.1, -0.05) is 24.3 Å². The fraction of sp³-hybridized carbons (Fsp3) is 0.514. The zero-order valence-corrected chi connectivity index (χ0v) is 28.1. The number of nitrogens with one attached hydrogen (secondary N) is 1. The first-order valence-electron chi connectivity index (χ1n) is 16.4. The Morgan fingerprint density at radius 1 is 1.04 bits per heavy atom. The molecule has 5 rings (SSSR count). The van der Waals surface area contributed by atoms with Crippen LogP contribution < -0.4 is 10.9 Å². The van der Waals surface area contributed by atoms with Crippen molar-refractivity contribution in [2.45, 2.75) is 69.0 Å². The minimum atomic E-state index is -5.18. The number of piperidine rings is 1. The van der Waals surface area contributed by atoms with Gasteiger partial charge in [0.05, 0.1) is 24.7 Å². The third-order valence-corrected chi connectivity index (χ3v) is 10.2. The summed E-state index contributed by atoms with van der Waals surface area (Å²) in [5, 5.41) is 11.3. The van der Waals surface area contributed by atoms with Crippen LogP contribution in [0.5, 0.6) is 0 Å². The maximum absolute atomic E-state index is 14.9. The molecule has 0 radical (unpaired) electrons. The number of alkyl halides is 9. The van der Waals surface area contributed by atoms with Crippen LogP contribution in [0.4, 0.5) is 39.5 Å². The molecule has 52 heavy (non-hydrogen) atoms. The van der Waals surface area contributed by atoms with Gasteiger partial charge >= 0.3 is 24.5 Å². The summed E-state index contributed by atoms with van der Waals surface area (Å²) in [4.78, 5) is 40.7. The number of aliphatic hydroxyl groups excluding tert-OH is 1. The third kappa shape index (κ3) is 7.52. The van der Waals surface area contributed by atoms with Crippen LogP contribution in [-0.2, 0) is 46.8 Å². The Morgan fingerprint density at radius 2 is 1.71 bits per heavy atom. The number of carbonyl (C=O) groups excluding carboxylic acids is 2. The summed E-state index contributed by atoms with van der Waals surface area (Å²) in [5.41, 5.74) is -4.02. The van der Waals surface area contributed by atoms with Crippen LogP contribution in [0.3, 0.4) is 0 Å². The summed E-state index contributed by atoms with van der Waals surface area (Å²) in [5.74, 6) is -3.78. The van der Waals surface area contributed by atoms with E-state index in [1.54, 1.807) is 0 Å². The van der Waals surface area contributed by atoms with Crippen LogP contribution >= 0.6 is 0 Å². The second-order valence-corrected chi connectivity index (χ2v) is 13.3. The molecule has 8 nitrogen and oxygen atoms in total. The molecule has 1 aliphatic heterocycles. The summed E-state index contributed by atoms with van der Waals surface area (Å²) in [6.07, 6.45) is -16.9. The molecule has 1 fully saturated rings. The highest BCUT2D eigenvalue weighted by Crippen LogP contribution is 2.48. The number of fused-ring (bicyclic) bond motifs is 2. The van der Waals surface area contributed by atoms with E-state index in [0.717, 1.165) is 16.6 Å². The first kappa shape index (κ1) is 39.1. The van der Waals surface area contributed by atoms with Gasteiger partial charge in [-0.25, -0.2) is 4.79 Å². The van der Waals surface area contributed by atoms with E-state index in [0.29, 0.717) is 22.3 Å². The first-order valence-corrected chi connectivity index (χ1v) is 16.4. The van der Waals surface area contributed by atoms with Gasteiger partial charge in [-0.2, -0.15) is 39.5 Å². The Morgan fingerprint density at radius 3 is 2.29 bits per heavy atom. The molecule has 1 saturated heterocycles. The maximum Gasteiger partial charge on any atom is 0.417 e. The van der Waals surface area contributed by atoms with Gasteiger partial charge in [0.2, 0.25) is 5.91 Å². The van der Waals surface area contributed by atoms with Crippen LogP contribution in [0, 0.1) is 5.41 Å². The number of hydrogen-bond acceptors (Lipinski definition) is 6. The van der Waals surface area contributed by atoms with E-state index in [1.165, 1.54) is 43.4 Å². The Bertz CT molecular complexity index is 1890. The Kier molecular flexibility index (Phi) is 10.8. The van der Waals surface area contributed by atoms with Gasteiger partial charge in [-0.15, -0.1) is 0 Å². The number of hydrogen-bond donors (Lipinski definition) is 2. The zero-order valence-electron chi connectivity index (χ0n) is 28.1. The van der Waals surface area contributed by atoms with Crippen molar-refractivity contribution in [3.8, 4) is 0 Å². The number of esters is 1. The topological polar surface area (TPSA) is 101 Å². The maximum atomic E-state index is 14.9. The average molecular weight is 750 g/mol. The van der Waals surface area contributed by atoms with Crippen molar-refractivity contribution in [1.29, 1.82) is 0 Å². The van der Waals surface area contributed by atoms with Crippen molar-refractivity contribution < 1.29 is 58.9 Å². The Hall–Kier alpha value is -4.12. The molecule has 1 aromatic heterocycles. The number of aliphatic hydroxyl groups is 1. The lowest BCUT2D eigenvalue weighted by atomic mass is 9.76. The summed E-state index contributed by atoms with van der Waals surface area (Å²) in [7, 11) is 2.30. The largest absolute Gasteiger partial charge is 0.467 e. The lowest BCUT2D eigenvalue weighted by Crippen LogP contribution is -2.59. The van der Waals surface area contributed by atoms with Gasteiger partial charge in [0.15, 0.2) is 0 Å². The van der Waals surface area contributed by atoms with Crippen molar-refractivity contribution in [3.63, 3.8) is 0 Å². The summed E-state index contributed by atoms with van der Waals surface area (Å²) >= 11 is 0. The van der Waals surface area contributed by atoms with Crippen molar-refractivity contribution in [1.82, 2.24) is 14.8 Å². The van der Waals surface area contributed by atoms with E-state index in [1.807, 2.05) is 0 Å². The van der Waals surface area contributed by atoms with E-state index >= 15 is 0 Å². The fourth-order valence-corrected chi connectivity index (χ4v) is 7.59. The first-order chi connectivity index (χ1) is 24.2. The van der Waals surface area contributed by atoms with Gasteiger partial charge in [-0.05, 0) is 79.6 Å². The molecule has 2 atom stereocenters. The molecule has 0 saturated carbocycles. The monoisotopic (exact) mass is 749 g/mol. The number of aromatic nitrogens is 1. The number of benzene rings is 2. The molecule has 2 heterocycles. The lowest BCUT2D eigenvalue weighted by molar-refractivity contribution is -0.236. The minimum absolute atomic E-state index is 0.0362. The van der Waals surface area contributed by atoms with E-state index in [2.05, 4.69) is 5.32 Å². The molecule has 2 aromatic carbocycles. The van der Waals surface area contributed by atoms with E-state index in [4.69, 9.17) is 4.74 Å². The molecule has 17 heteroatoms. The number of amides is 1. The van der Waals surface area contributed by atoms with Crippen LogP contribution in [0.2, 0.25) is 0 Å². The molecule has 3 aromatic rings. The second-order valence-electron chi connectivity index (χ2n) is 13.3. The number of aryl methyl sites for hydroxylation is 1. The molecule has 1 unspecified atom stereocenters. The average Bonchev–Trinajstić information content (AvgIpc) is 3.49. The molecule has 0 spiro atoms. The van der Waals surface area contributed by atoms with E-state index < -0.39 is 103 Å². The van der Waals surface area contributed by atoms with Crippen molar-refractivity contribution >= 4 is 22.8 Å². The SMILES string of the molecule is COC(=O)[C@H](Cc1cccc2c1CCC2c1c(C(F)(F)F)c2cc(CCO)ccc2n(C)c1=O)NC(=O)C1(C(F)(F)F)CCN(CC(F)(F)F)CC1. The number of nitrogens with zero attached hydrogens (tertiary/aromatic N) is 2. The highest BCUT2D eigenvalue weighted by Gasteiger charge is 2.61. The fourth-order valence-electron chi connectivity index (χ4n) is 7.59. The van der Waals surface area contributed by atoms with E-state index in [9.17, 15) is 59.0 Å². The molecular weight excluding hydrogens is 713 g/mol. The number of halogens is 9. The summed E-state index contributed by atoms with van der Waals surface area (Å²) in [6.45, 7) is -3.12. The predicted molar refractivity (Wildman–Crippen MR) is 169 cm³/mol. The standard InChI is InChI=1S/C35H36F9N3O5/c1-46-26-9-6-19(10-15-48)16-24(26)28(34(39,40)41)27(29(46)49)23-8-7-21-20(4-3-5-22(21)23)17-25(30(50)52-2)45-31(51)32(35(42,43)44)11-13-47(14-12-32)18-33(36,37)38/h3-6,9,16,23,25,48H,7-8,10-15,17-18H2,1-2H3,(H,45,51)/t23?,25-/m0/s1. The van der Waals surface area contributed by atoms with Gasteiger partial charge < -0.3 is 19.7 Å². The smallest absolute Gasteiger partial charge is 0.417 e. The normalized spacial score (nSPS) is 18.7. The van der Waals surface area contributed by atoms with Gasteiger partial charge in [-0.3, -0.25) is 14.5 Å². The van der Waals surface area contributed by atoms with Crippen molar-refractivity contribution in [3.05, 3.63) is 80.1 Å². The Balaban J connectivity index is 1.50. The number of likely N-dealkylation sites (tertiary alicyclic amines) is 1. The van der Waals surface area contributed by atoms with Crippen LogP contribution in [0.15, 0.2) is 41.2 Å². The molecule has 1 aliphatic carbocycles. The van der Waals surface area contributed by atoms with Gasteiger partial charge in [0.25, 0.3) is 5.56 Å². The quantitative estimate of drug-likeness (QED) is 0.219. The van der Waals surface area contributed by atoms with Crippen molar-refractivity contribution in [2.75, 3.05) is 33.4 Å². The van der Waals surface area contributed by atoms with Crippen molar-refractivity contribution in [2.24, 2.45) is 12.5 Å². The molecule has 2 aliphatic rings. The molecular formula is C35H36F9N3O5. The zero-order chi connectivity index (χ0) is 38.4. The third-order valence-electron chi connectivity index (χ3n) is 10.2. The van der Waals surface area contributed by atoms with Crippen LogP contribution in [-0.4, -0.2) is 78.2 Å². The van der Waals surface area contributed by atoms with Crippen LogP contribution in [0.1, 0.15) is 58.6 Å². The molecule has 2 N–H and O–H groups in total. The lowest BCUT2D eigenvalue weighted by Gasteiger charge is -2.42. The summed E-state index contributed by atoms with van der Waals surface area (Å²) in [6, 6.07) is 7.01. The van der Waals surface area contributed by atoms with E-state index in [-0.39, 0.29) is 36.8 Å². The minimum Gasteiger partial charge on any atom is -0.467 e. The van der Waals surface area contributed by atoms with Crippen LogP contribution in [0.25, 0.3) is 10.9 Å². The van der Waals surface area contributed by atoms with Gasteiger partial charge in [0.1, 0.15) is 11.5 Å². The molecule has 1 amide bonds. The summed E-state index contributed by atoms with van der Waals surface area (Å²) < 4.78 is 133. The highest BCUT2D eigenvalue weighted by molar-refractivity contribution is 5.89. The highest BCUT2D eigenvalue weighted by atomic mass is 19.4. The number of pyridine rings is 1. The molecule has 0 bridgehead atoms. The second kappa shape index (κ2) is 14.4. The number of carbonyl (C=O) groups is 2.